The van der Waals surface area contributed by atoms with Crippen LogP contribution in [0.5, 0.6) is 5.75 Å². The monoisotopic (exact) mass is 525 g/mol. The number of nitrogens with zero attached hydrogens (tertiary/aromatic N) is 4. The van der Waals surface area contributed by atoms with E-state index in [-0.39, 0.29) is 17.4 Å². The normalized spacial score (nSPS) is 14.3. The van der Waals surface area contributed by atoms with Crippen LogP contribution in [0.2, 0.25) is 0 Å². The molecule has 38 heavy (non-hydrogen) atoms. The summed E-state index contributed by atoms with van der Waals surface area (Å²) < 4.78 is 8.03. The number of hydrazone groups is 1. The summed E-state index contributed by atoms with van der Waals surface area (Å²) in [5.41, 5.74) is 6.01. The van der Waals surface area contributed by atoms with Gasteiger partial charge in [-0.25, -0.2) is 0 Å². The average Bonchev–Trinajstić information content (AvgIpc) is 3.38. The molecule has 1 fully saturated rings. The van der Waals surface area contributed by atoms with E-state index >= 15 is 0 Å². The molecule has 0 spiro atoms. The van der Waals surface area contributed by atoms with Gasteiger partial charge in [-0.3, -0.25) is 14.8 Å². The van der Waals surface area contributed by atoms with Crippen LogP contribution in [-0.2, 0) is 11.4 Å². The van der Waals surface area contributed by atoms with E-state index in [0.717, 1.165) is 17.1 Å². The number of rotatable bonds is 9. The maximum absolute atomic E-state index is 12.4. The number of nitrogens with one attached hydrogen (secondary N) is 1. The molecule has 1 N–H and O–H groups in total. The molecule has 1 saturated carbocycles. The van der Waals surface area contributed by atoms with Crippen LogP contribution in [0.4, 0.5) is 5.69 Å². The number of ether oxygens (including phenoxy) is 1. The number of thioether (sulfide) groups is 1. The van der Waals surface area contributed by atoms with E-state index in [4.69, 9.17) is 4.74 Å². The van der Waals surface area contributed by atoms with E-state index in [2.05, 4.69) is 32.9 Å². The summed E-state index contributed by atoms with van der Waals surface area (Å²) in [6.45, 7) is 1.72. The number of anilines is 1. The van der Waals surface area contributed by atoms with Crippen molar-refractivity contribution in [3.05, 3.63) is 96.3 Å². The molecular formula is C30H31N5O2S. The Hall–Kier alpha value is -3.91. The van der Waals surface area contributed by atoms with E-state index in [9.17, 15) is 4.79 Å². The fourth-order valence-electron chi connectivity index (χ4n) is 4.60. The number of hydrogen-bond donors (Lipinski definition) is 1. The number of hydrogen-bond acceptors (Lipinski definition) is 7. The van der Waals surface area contributed by atoms with Gasteiger partial charge in [0.2, 0.25) is 5.16 Å². The minimum absolute atomic E-state index is 0.170. The Morgan fingerprint density at radius 2 is 1.63 bits per heavy atom. The van der Waals surface area contributed by atoms with Gasteiger partial charge in [0.25, 0.3) is 0 Å². The van der Waals surface area contributed by atoms with Crippen LogP contribution in [0.1, 0.15) is 56.3 Å². The molecule has 4 aromatic rings. The number of aromatic nitrogens is 3. The fraction of sp³-hybridized carbons (Fsp3) is 0.267. The lowest BCUT2D eigenvalue weighted by molar-refractivity contribution is -0.110. The number of benzene rings is 3. The van der Waals surface area contributed by atoms with E-state index < -0.39 is 0 Å². The second-order valence-electron chi connectivity index (χ2n) is 9.32. The van der Waals surface area contributed by atoms with Crippen LogP contribution in [0.25, 0.3) is 5.69 Å². The van der Waals surface area contributed by atoms with E-state index in [1.165, 1.54) is 56.4 Å². The summed E-state index contributed by atoms with van der Waals surface area (Å²) in [7, 11) is 0. The van der Waals surface area contributed by atoms with Gasteiger partial charge in [0.15, 0.2) is 16.7 Å². The molecule has 1 aliphatic rings. The van der Waals surface area contributed by atoms with Gasteiger partial charge in [0.05, 0.1) is 5.69 Å². The predicted octanol–water partition coefficient (Wildman–Crippen LogP) is 7.00. The number of para-hydroxylation sites is 2. The zero-order chi connectivity index (χ0) is 26.2. The molecular weight excluding hydrogens is 494 g/mol. The highest BCUT2D eigenvalue weighted by Gasteiger charge is 2.20. The SMILES string of the molecule is CC(=O)/C(=N/Nc1ccccc1)Sc1nnc(COc2ccc(C3CCCCC3)cc2)n1-c1ccccc1. The summed E-state index contributed by atoms with van der Waals surface area (Å²) in [6, 6.07) is 27.8. The number of Topliss-reactive ketones (excluding diaryl/α,β-unsaturated/α-hetero) is 1. The van der Waals surface area contributed by atoms with Crippen molar-refractivity contribution in [1.29, 1.82) is 0 Å². The standard InChI is InChI=1S/C30H31N5O2S/c1-22(36)29(33-31-25-13-7-3-8-14-25)38-30-34-32-28(35(30)26-15-9-4-10-16-26)21-37-27-19-17-24(18-20-27)23-11-5-2-6-12-23/h3-4,7-10,13-20,23,31H,2,5-6,11-12,21H2,1H3/b33-29-. The molecule has 0 bridgehead atoms. The number of carbonyl (C=O) groups is 1. The molecule has 0 atom stereocenters. The highest BCUT2D eigenvalue weighted by atomic mass is 32.2. The van der Waals surface area contributed by atoms with Crippen LogP contribution in [0, 0.1) is 0 Å². The average molecular weight is 526 g/mol. The Morgan fingerprint density at radius 1 is 0.947 bits per heavy atom. The lowest BCUT2D eigenvalue weighted by Gasteiger charge is -2.22. The van der Waals surface area contributed by atoms with Gasteiger partial charge >= 0.3 is 0 Å². The molecule has 0 radical (unpaired) electrons. The molecule has 194 valence electrons. The van der Waals surface area contributed by atoms with Crippen LogP contribution in [0.3, 0.4) is 0 Å². The summed E-state index contributed by atoms with van der Waals surface area (Å²) in [4.78, 5) is 12.4. The number of ketones is 1. The Kier molecular flexibility index (Phi) is 8.50. The van der Waals surface area contributed by atoms with Crippen LogP contribution in [-0.4, -0.2) is 25.6 Å². The van der Waals surface area contributed by atoms with Crippen molar-refractivity contribution in [2.75, 3.05) is 5.43 Å². The fourth-order valence-corrected chi connectivity index (χ4v) is 5.40. The van der Waals surface area contributed by atoms with Gasteiger partial charge in [-0.1, -0.05) is 67.8 Å². The molecule has 1 aromatic heterocycles. The zero-order valence-electron chi connectivity index (χ0n) is 21.4. The third kappa shape index (κ3) is 6.50. The highest BCUT2D eigenvalue weighted by molar-refractivity contribution is 8.15. The van der Waals surface area contributed by atoms with Gasteiger partial charge in [-0.15, -0.1) is 10.2 Å². The van der Waals surface area contributed by atoms with Crippen molar-refractivity contribution in [2.24, 2.45) is 5.10 Å². The van der Waals surface area contributed by atoms with Crippen molar-refractivity contribution in [2.45, 2.75) is 56.7 Å². The van der Waals surface area contributed by atoms with Gasteiger partial charge in [0.1, 0.15) is 12.4 Å². The molecule has 7 nitrogen and oxygen atoms in total. The molecule has 8 heteroatoms. The van der Waals surface area contributed by atoms with Crippen LogP contribution < -0.4 is 10.2 Å². The minimum Gasteiger partial charge on any atom is -0.486 e. The quantitative estimate of drug-likeness (QED) is 0.110. The molecule has 1 heterocycles. The minimum atomic E-state index is -0.170. The Morgan fingerprint density at radius 3 is 2.32 bits per heavy atom. The molecule has 0 saturated heterocycles. The van der Waals surface area contributed by atoms with Crippen molar-refractivity contribution in [1.82, 2.24) is 14.8 Å². The van der Waals surface area contributed by atoms with Gasteiger partial charge in [-0.2, -0.15) is 5.10 Å². The Balaban J connectivity index is 1.34. The van der Waals surface area contributed by atoms with Gasteiger partial charge in [-0.05, 0) is 72.5 Å². The van der Waals surface area contributed by atoms with Crippen molar-refractivity contribution in [3.63, 3.8) is 0 Å². The first-order valence-corrected chi connectivity index (χ1v) is 13.8. The highest BCUT2D eigenvalue weighted by Crippen LogP contribution is 2.33. The largest absolute Gasteiger partial charge is 0.486 e. The lowest BCUT2D eigenvalue weighted by Crippen LogP contribution is -2.11. The van der Waals surface area contributed by atoms with E-state index in [0.29, 0.717) is 16.9 Å². The summed E-state index contributed by atoms with van der Waals surface area (Å²) in [5.74, 6) is 1.91. The first-order valence-electron chi connectivity index (χ1n) is 13.0. The molecule has 0 unspecified atom stereocenters. The van der Waals surface area contributed by atoms with E-state index in [1.807, 2.05) is 77.4 Å². The van der Waals surface area contributed by atoms with Gasteiger partial charge in [0, 0.05) is 12.6 Å². The van der Waals surface area contributed by atoms with Crippen LogP contribution in [0.15, 0.2) is 95.2 Å². The third-order valence-electron chi connectivity index (χ3n) is 6.59. The second kappa shape index (κ2) is 12.6. The molecule has 0 amide bonds. The number of carbonyl (C=O) groups excluding carboxylic acids is 1. The first-order chi connectivity index (χ1) is 18.7. The smallest absolute Gasteiger partial charge is 0.202 e. The predicted molar refractivity (Wildman–Crippen MR) is 152 cm³/mol. The maximum Gasteiger partial charge on any atom is 0.202 e. The van der Waals surface area contributed by atoms with Crippen LogP contribution >= 0.6 is 11.8 Å². The zero-order valence-corrected chi connectivity index (χ0v) is 22.2. The van der Waals surface area contributed by atoms with Crippen molar-refractivity contribution >= 4 is 28.3 Å². The van der Waals surface area contributed by atoms with Crippen molar-refractivity contribution < 1.29 is 9.53 Å². The topological polar surface area (TPSA) is 81.4 Å². The summed E-state index contributed by atoms with van der Waals surface area (Å²) in [6.07, 6.45) is 6.53. The second-order valence-corrected chi connectivity index (χ2v) is 10.3. The Labute approximate surface area is 227 Å². The molecule has 5 rings (SSSR count). The molecule has 1 aliphatic carbocycles. The third-order valence-corrected chi connectivity index (χ3v) is 7.61. The lowest BCUT2D eigenvalue weighted by atomic mass is 9.84. The van der Waals surface area contributed by atoms with Gasteiger partial charge < -0.3 is 4.74 Å². The van der Waals surface area contributed by atoms with Crippen molar-refractivity contribution in [3.8, 4) is 11.4 Å². The molecule has 3 aromatic carbocycles. The maximum atomic E-state index is 12.4. The first kappa shape index (κ1) is 25.7. The Bertz CT molecular complexity index is 1370. The molecule has 0 aliphatic heterocycles. The summed E-state index contributed by atoms with van der Waals surface area (Å²) in [5, 5.41) is 14.0. The summed E-state index contributed by atoms with van der Waals surface area (Å²) >= 11 is 1.17. The van der Waals surface area contributed by atoms with E-state index in [1.54, 1.807) is 0 Å².